The SMILES string of the molecule is CN(C)C[C@H](N=C1NC(=O)SC1=CC1CCN(Cc2ccc(C(F)(F)F)cc2C(F)(F)F)CC1)C(=O)N(C)C. The van der Waals surface area contributed by atoms with Crippen LogP contribution in [0.1, 0.15) is 29.5 Å². The zero-order chi connectivity index (χ0) is 29.1. The fourth-order valence-corrected chi connectivity index (χ4v) is 5.21. The molecule has 1 aromatic rings. The molecule has 0 aromatic heterocycles. The molecule has 7 nitrogen and oxygen atoms in total. The van der Waals surface area contributed by atoms with Crippen LogP contribution in [-0.4, -0.2) is 85.5 Å². The van der Waals surface area contributed by atoms with E-state index in [1.807, 2.05) is 25.1 Å². The van der Waals surface area contributed by atoms with Crippen molar-refractivity contribution in [2.75, 3.05) is 47.8 Å². The minimum absolute atomic E-state index is 0.00758. The lowest BCUT2D eigenvalue weighted by Crippen LogP contribution is -2.40. The predicted molar refractivity (Wildman–Crippen MR) is 137 cm³/mol. The van der Waals surface area contributed by atoms with Gasteiger partial charge in [0.2, 0.25) is 5.91 Å². The van der Waals surface area contributed by atoms with Gasteiger partial charge in [-0.3, -0.25) is 19.5 Å². The average molecular weight is 580 g/mol. The van der Waals surface area contributed by atoms with E-state index in [0.717, 1.165) is 17.8 Å². The van der Waals surface area contributed by atoms with Crippen molar-refractivity contribution in [3.8, 4) is 0 Å². The van der Waals surface area contributed by atoms with E-state index in [1.54, 1.807) is 19.0 Å². The van der Waals surface area contributed by atoms with Gasteiger partial charge in [0.05, 0.1) is 16.0 Å². The first-order valence-electron chi connectivity index (χ1n) is 12.2. The number of nitrogens with zero attached hydrogens (tertiary/aromatic N) is 4. The number of piperidine rings is 1. The molecule has 39 heavy (non-hydrogen) atoms. The van der Waals surface area contributed by atoms with E-state index >= 15 is 0 Å². The summed E-state index contributed by atoms with van der Waals surface area (Å²) in [5.41, 5.74) is -2.83. The number of carbonyl (C=O) groups is 2. The summed E-state index contributed by atoms with van der Waals surface area (Å²) in [5.74, 6) is 0.110. The Morgan fingerprint density at radius 3 is 2.31 bits per heavy atom. The van der Waals surface area contributed by atoms with Gasteiger partial charge in [-0.2, -0.15) is 26.3 Å². The molecule has 1 atom stereocenters. The molecular formula is C25H31F6N5O2S. The van der Waals surface area contributed by atoms with Crippen LogP contribution >= 0.6 is 11.8 Å². The molecule has 0 bridgehead atoms. The average Bonchev–Trinajstić information content (AvgIpc) is 3.16. The Labute approximate surface area is 227 Å². The zero-order valence-electron chi connectivity index (χ0n) is 22.0. The number of carbonyl (C=O) groups excluding carboxylic acids is 2. The van der Waals surface area contributed by atoms with Crippen LogP contribution in [0.3, 0.4) is 0 Å². The van der Waals surface area contributed by atoms with E-state index < -0.39 is 29.5 Å². The van der Waals surface area contributed by atoms with Crippen molar-refractivity contribution < 1.29 is 35.9 Å². The Hall–Kier alpha value is -2.58. The second-order valence-corrected chi connectivity index (χ2v) is 11.0. The molecule has 0 radical (unpaired) electrons. The van der Waals surface area contributed by atoms with E-state index in [2.05, 4.69) is 10.3 Å². The van der Waals surface area contributed by atoms with Crippen LogP contribution in [0.5, 0.6) is 0 Å². The number of nitrogens with one attached hydrogen (secondary N) is 1. The van der Waals surface area contributed by atoms with Gasteiger partial charge in [-0.15, -0.1) is 0 Å². The molecular weight excluding hydrogens is 548 g/mol. The van der Waals surface area contributed by atoms with Gasteiger partial charge in [0.1, 0.15) is 11.9 Å². The fraction of sp³-hybridized carbons (Fsp3) is 0.560. The highest BCUT2D eigenvalue weighted by Gasteiger charge is 2.38. The molecule has 0 aliphatic carbocycles. The molecule has 1 N–H and O–H groups in total. The molecule has 2 saturated heterocycles. The van der Waals surface area contributed by atoms with Crippen molar-refractivity contribution in [3.05, 3.63) is 45.9 Å². The van der Waals surface area contributed by atoms with Gasteiger partial charge in [-0.05, 0) is 75.4 Å². The van der Waals surface area contributed by atoms with Gasteiger partial charge in [-0.25, -0.2) is 0 Å². The van der Waals surface area contributed by atoms with E-state index in [4.69, 9.17) is 0 Å². The summed E-state index contributed by atoms with van der Waals surface area (Å²) in [6.45, 7) is 1.06. The molecule has 2 heterocycles. The lowest BCUT2D eigenvalue weighted by Gasteiger charge is -2.31. The highest BCUT2D eigenvalue weighted by Crippen LogP contribution is 2.38. The first kappa shape index (κ1) is 31.0. The molecule has 2 fully saturated rings. The van der Waals surface area contributed by atoms with Gasteiger partial charge >= 0.3 is 12.4 Å². The number of amides is 2. The van der Waals surface area contributed by atoms with Gasteiger partial charge in [0.25, 0.3) is 5.24 Å². The van der Waals surface area contributed by atoms with Crippen molar-refractivity contribution in [1.82, 2.24) is 20.0 Å². The lowest BCUT2D eigenvalue weighted by molar-refractivity contribution is -0.143. The van der Waals surface area contributed by atoms with Gasteiger partial charge in [-0.1, -0.05) is 12.1 Å². The molecule has 0 spiro atoms. The minimum Gasteiger partial charge on any atom is -0.347 e. The molecule has 2 amide bonds. The van der Waals surface area contributed by atoms with Gasteiger partial charge < -0.3 is 15.1 Å². The molecule has 216 valence electrons. The summed E-state index contributed by atoms with van der Waals surface area (Å²) in [7, 11) is 6.87. The Kier molecular flexibility index (Phi) is 9.76. The smallest absolute Gasteiger partial charge is 0.347 e. The number of likely N-dealkylation sites (tertiary alicyclic amines) is 1. The Morgan fingerprint density at radius 1 is 1.13 bits per heavy atom. The van der Waals surface area contributed by atoms with E-state index in [0.29, 0.717) is 49.3 Å². The van der Waals surface area contributed by atoms with Crippen LogP contribution in [0.4, 0.5) is 31.1 Å². The summed E-state index contributed by atoms with van der Waals surface area (Å²) >= 11 is 0.971. The zero-order valence-corrected chi connectivity index (χ0v) is 22.8. The summed E-state index contributed by atoms with van der Waals surface area (Å²) in [5, 5.41) is 2.37. The van der Waals surface area contributed by atoms with Crippen LogP contribution in [0.25, 0.3) is 0 Å². The first-order valence-corrected chi connectivity index (χ1v) is 13.0. The number of hydrogen-bond donors (Lipinski definition) is 1. The third-order valence-corrected chi connectivity index (χ3v) is 7.20. The van der Waals surface area contributed by atoms with E-state index in [-0.39, 0.29) is 35.2 Å². The highest BCUT2D eigenvalue weighted by molar-refractivity contribution is 8.18. The number of hydrogen-bond acceptors (Lipinski definition) is 6. The Morgan fingerprint density at radius 2 is 1.77 bits per heavy atom. The number of likely N-dealkylation sites (N-methyl/N-ethyl adjacent to an activating group) is 2. The molecule has 2 aliphatic heterocycles. The molecule has 3 rings (SSSR count). The second kappa shape index (κ2) is 12.3. The largest absolute Gasteiger partial charge is 0.416 e. The lowest BCUT2D eigenvalue weighted by atomic mass is 9.95. The number of rotatable bonds is 7. The van der Waals surface area contributed by atoms with Crippen molar-refractivity contribution in [2.24, 2.45) is 10.9 Å². The second-order valence-electron chi connectivity index (χ2n) is 10.0. The monoisotopic (exact) mass is 579 g/mol. The number of allylic oxidation sites excluding steroid dienone is 1. The van der Waals surface area contributed by atoms with E-state index in [9.17, 15) is 35.9 Å². The van der Waals surface area contributed by atoms with Crippen molar-refractivity contribution in [1.29, 1.82) is 0 Å². The Bertz CT molecular complexity index is 1120. The fourth-order valence-electron chi connectivity index (χ4n) is 4.40. The van der Waals surface area contributed by atoms with Crippen molar-refractivity contribution >= 4 is 28.7 Å². The number of halogens is 6. The standard InChI is InChI=1S/C25H31F6N5O2S/c1-34(2)14-19(22(37)35(3)4)32-21-20(39-23(38)33-21)11-15-7-9-36(10-8-15)13-16-5-6-17(24(26,27)28)12-18(16)25(29,30)31/h5-6,11-12,15,19H,7-10,13-14H2,1-4H3,(H,32,33,38)/t19-/m0/s1. The topological polar surface area (TPSA) is 68.2 Å². The molecule has 14 heteroatoms. The van der Waals surface area contributed by atoms with Gasteiger partial charge in [0, 0.05) is 27.2 Å². The van der Waals surface area contributed by atoms with Crippen LogP contribution < -0.4 is 5.32 Å². The van der Waals surface area contributed by atoms with Crippen molar-refractivity contribution in [3.63, 3.8) is 0 Å². The number of benzene rings is 1. The summed E-state index contributed by atoms with van der Waals surface area (Å²) in [6.07, 6.45) is -6.73. The number of alkyl halides is 6. The third kappa shape index (κ3) is 8.45. The van der Waals surface area contributed by atoms with Gasteiger partial charge in [0.15, 0.2) is 0 Å². The normalized spacial score (nSPS) is 20.6. The predicted octanol–water partition coefficient (Wildman–Crippen LogP) is 4.69. The number of thioether (sulfide) groups is 1. The van der Waals surface area contributed by atoms with Crippen molar-refractivity contribution in [2.45, 2.75) is 37.8 Å². The summed E-state index contributed by atoms with van der Waals surface area (Å²) < 4.78 is 79.5. The van der Waals surface area contributed by atoms with Crippen LogP contribution in [0.2, 0.25) is 0 Å². The van der Waals surface area contributed by atoms with E-state index in [1.165, 1.54) is 4.90 Å². The Balaban J connectivity index is 1.72. The molecule has 0 saturated carbocycles. The van der Waals surface area contributed by atoms with Crippen LogP contribution in [-0.2, 0) is 23.7 Å². The third-order valence-electron chi connectivity index (χ3n) is 6.36. The maximum absolute atomic E-state index is 13.5. The summed E-state index contributed by atoms with van der Waals surface area (Å²) in [4.78, 5) is 34.9. The number of amidine groups is 1. The van der Waals surface area contributed by atoms with Crippen LogP contribution in [0.15, 0.2) is 34.2 Å². The summed E-state index contributed by atoms with van der Waals surface area (Å²) in [6, 6.07) is 1.02. The maximum Gasteiger partial charge on any atom is 0.416 e. The first-order chi connectivity index (χ1) is 18.0. The van der Waals surface area contributed by atoms with Crippen LogP contribution in [0, 0.1) is 5.92 Å². The molecule has 1 aromatic carbocycles. The minimum atomic E-state index is -4.91. The molecule has 0 unspecified atom stereocenters. The molecule has 2 aliphatic rings. The maximum atomic E-state index is 13.5. The highest BCUT2D eigenvalue weighted by atomic mass is 32.2. The number of aliphatic imine (C=N–C) groups is 1. The quantitative estimate of drug-likeness (QED) is 0.475.